The molecule has 1 aliphatic carbocycles. The van der Waals surface area contributed by atoms with E-state index in [0.29, 0.717) is 31.3 Å². The molecule has 0 spiro atoms. The van der Waals surface area contributed by atoms with Crippen LogP contribution in [-0.4, -0.2) is 44.4 Å². The van der Waals surface area contributed by atoms with E-state index in [2.05, 4.69) is 25.6 Å². The van der Waals surface area contributed by atoms with Gasteiger partial charge in [0.1, 0.15) is 5.82 Å². The van der Waals surface area contributed by atoms with Gasteiger partial charge in [0.2, 0.25) is 10.0 Å². The van der Waals surface area contributed by atoms with Gasteiger partial charge in [0.25, 0.3) is 0 Å². The Hall–Kier alpha value is -2.66. The SMILES string of the molecule is O=C1NCCCCCCCNS(=O)(=O)c2ccc(c(F)c2)Nc2cc([nH]n2)[C@H]2C[C@H](CO1)C2. The van der Waals surface area contributed by atoms with E-state index in [1.54, 1.807) is 0 Å². The zero-order valence-electron chi connectivity index (χ0n) is 18.4. The summed E-state index contributed by atoms with van der Waals surface area (Å²) in [6.07, 6.45) is 5.62. The first kappa shape index (κ1) is 23.5. The molecular formula is C22H30FN5O4S. The van der Waals surface area contributed by atoms with Gasteiger partial charge in [-0.3, -0.25) is 5.10 Å². The number of H-pyrrole nitrogens is 1. The van der Waals surface area contributed by atoms with Crippen molar-refractivity contribution in [1.29, 1.82) is 0 Å². The Morgan fingerprint density at radius 3 is 2.58 bits per heavy atom. The fourth-order valence-electron chi connectivity index (χ4n) is 4.14. The molecule has 6 rings (SSSR count). The molecule has 2 aromatic rings. The Labute approximate surface area is 192 Å². The summed E-state index contributed by atoms with van der Waals surface area (Å²) in [5.41, 5.74) is 1.07. The van der Waals surface area contributed by atoms with Crippen LogP contribution in [0.3, 0.4) is 0 Å². The number of fused-ring (bicyclic) bond motifs is 1. The molecule has 3 aliphatic heterocycles. The van der Waals surface area contributed by atoms with Crippen LogP contribution in [0.15, 0.2) is 29.2 Å². The number of carbonyl (C=O) groups is 1. The van der Waals surface area contributed by atoms with Gasteiger partial charge in [-0.15, -0.1) is 0 Å². The Morgan fingerprint density at radius 2 is 1.79 bits per heavy atom. The lowest BCUT2D eigenvalue weighted by Gasteiger charge is -2.33. The normalized spacial score (nSPS) is 24.5. The predicted molar refractivity (Wildman–Crippen MR) is 121 cm³/mol. The van der Waals surface area contributed by atoms with Crippen LogP contribution in [0.4, 0.5) is 20.7 Å². The van der Waals surface area contributed by atoms with E-state index < -0.39 is 15.8 Å². The van der Waals surface area contributed by atoms with Crippen LogP contribution in [0.25, 0.3) is 0 Å². The molecule has 180 valence electrons. The van der Waals surface area contributed by atoms with Crippen molar-refractivity contribution in [2.45, 2.75) is 55.8 Å². The van der Waals surface area contributed by atoms with Gasteiger partial charge in [0.05, 0.1) is 17.2 Å². The first-order valence-corrected chi connectivity index (χ1v) is 12.9. The van der Waals surface area contributed by atoms with Gasteiger partial charge in [0, 0.05) is 30.8 Å². The second-order valence-corrected chi connectivity index (χ2v) is 10.5. The number of rotatable bonds is 0. The largest absolute Gasteiger partial charge is 0.449 e. The lowest BCUT2D eigenvalue weighted by Crippen LogP contribution is -2.31. The molecule has 1 amide bonds. The maximum absolute atomic E-state index is 14.6. The summed E-state index contributed by atoms with van der Waals surface area (Å²) >= 11 is 0. The number of nitrogens with one attached hydrogen (secondary N) is 4. The van der Waals surface area contributed by atoms with Crippen LogP contribution in [0.2, 0.25) is 0 Å². The monoisotopic (exact) mass is 479 g/mol. The van der Waals surface area contributed by atoms with E-state index in [1.807, 2.05) is 6.07 Å². The summed E-state index contributed by atoms with van der Waals surface area (Å²) < 4.78 is 47.4. The smallest absolute Gasteiger partial charge is 0.407 e. The van der Waals surface area contributed by atoms with Crippen LogP contribution in [0, 0.1) is 11.7 Å². The number of anilines is 2. The molecule has 6 bridgehead atoms. The molecule has 0 atom stereocenters. The fourth-order valence-corrected chi connectivity index (χ4v) is 5.23. The predicted octanol–water partition coefficient (Wildman–Crippen LogP) is 3.75. The Kier molecular flexibility index (Phi) is 7.49. The number of benzene rings is 1. The van der Waals surface area contributed by atoms with Crippen molar-refractivity contribution in [3.63, 3.8) is 0 Å². The van der Waals surface area contributed by atoms with Crippen LogP contribution < -0.4 is 15.4 Å². The van der Waals surface area contributed by atoms with Gasteiger partial charge < -0.3 is 15.4 Å². The van der Waals surface area contributed by atoms with Crippen molar-refractivity contribution in [3.05, 3.63) is 35.8 Å². The topological polar surface area (TPSA) is 125 Å². The average Bonchev–Trinajstić information content (AvgIpc) is 3.20. The Balaban J connectivity index is 1.43. The van der Waals surface area contributed by atoms with Crippen LogP contribution in [-0.2, 0) is 14.8 Å². The zero-order chi connectivity index (χ0) is 23.3. The molecule has 33 heavy (non-hydrogen) atoms. The second kappa shape index (κ2) is 10.5. The van der Waals surface area contributed by atoms with Crippen molar-refractivity contribution < 1.29 is 22.3 Å². The second-order valence-electron chi connectivity index (χ2n) is 8.70. The van der Waals surface area contributed by atoms with E-state index >= 15 is 0 Å². The number of carbonyl (C=O) groups excluding carboxylic acids is 1. The van der Waals surface area contributed by atoms with Gasteiger partial charge >= 0.3 is 6.09 Å². The number of hydrogen-bond acceptors (Lipinski definition) is 6. The summed E-state index contributed by atoms with van der Waals surface area (Å²) in [5.74, 6) is 0.368. The van der Waals surface area contributed by atoms with Crippen molar-refractivity contribution >= 4 is 27.6 Å². The van der Waals surface area contributed by atoms with Crippen molar-refractivity contribution in [1.82, 2.24) is 20.2 Å². The van der Waals surface area contributed by atoms with E-state index in [4.69, 9.17) is 4.74 Å². The highest BCUT2D eigenvalue weighted by molar-refractivity contribution is 7.89. The molecule has 1 saturated carbocycles. The minimum Gasteiger partial charge on any atom is -0.449 e. The minimum absolute atomic E-state index is 0.110. The van der Waals surface area contributed by atoms with Crippen molar-refractivity contribution in [2.75, 3.05) is 25.0 Å². The number of halogens is 1. The highest BCUT2D eigenvalue weighted by atomic mass is 32.2. The zero-order valence-corrected chi connectivity index (χ0v) is 19.2. The summed E-state index contributed by atoms with van der Waals surface area (Å²) in [5, 5.41) is 12.8. The molecule has 11 heteroatoms. The molecule has 0 unspecified atom stereocenters. The number of amides is 1. The van der Waals surface area contributed by atoms with E-state index in [9.17, 15) is 17.6 Å². The van der Waals surface area contributed by atoms with Gasteiger partial charge in [-0.2, -0.15) is 5.10 Å². The molecule has 0 saturated heterocycles. The third kappa shape index (κ3) is 6.23. The highest BCUT2D eigenvalue weighted by Gasteiger charge is 2.32. The fraction of sp³-hybridized carbons (Fsp3) is 0.545. The minimum atomic E-state index is -3.79. The molecule has 4 N–H and O–H groups in total. The molecule has 1 aromatic carbocycles. The van der Waals surface area contributed by atoms with E-state index in [1.165, 1.54) is 12.1 Å². The number of sulfonamides is 1. The summed E-state index contributed by atoms with van der Waals surface area (Å²) in [6.45, 7) is 1.24. The summed E-state index contributed by atoms with van der Waals surface area (Å²) in [7, 11) is -3.79. The Bertz CT molecular complexity index is 1070. The van der Waals surface area contributed by atoms with E-state index in [0.717, 1.165) is 50.3 Å². The number of hydrogen-bond donors (Lipinski definition) is 4. The number of aromatic amines is 1. The van der Waals surface area contributed by atoms with Crippen molar-refractivity contribution in [3.8, 4) is 0 Å². The number of alkyl carbamates (subject to hydrolysis) is 1. The molecular weight excluding hydrogens is 449 g/mol. The first-order chi connectivity index (χ1) is 15.9. The summed E-state index contributed by atoms with van der Waals surface area (Å²) in [4.78, 5) is 11.7. The number of nitrogens with zero attached hydrogens (tertiary/aromatic N) is 1. The molecule has 4 heterocycles. The van der Waals surface area contributed by atoms with Gasteiger partial charge in [-0.1, -0.05) is 19.3 Å². The molecule has 1 fully saturated rings. The van der Waals surface area contributed by atoms with Gasteiger partial charge in [0.15, 0.2) is 5.82 Å². The molecule has 1 aromatic heterocycles. The number of aromatic nitrogens is 2. The summed E-state index contributed by atoms with van der Waals surface area (Å²) in [6, 6.07) is 5.61. The number of ether oxygens (including phenoxy) is 1. The van der Waals surface area contributed by atoms with Crippen LogP contribution in [0.1, 0.15) is 56.6 Å². The van der Waals surface area contributed by atoms with Crippen molar-refractivity contribution in [2.24, 2.45) is 5.92 Å². The third-order valence-corrected chi connectivity index (χ3v) is 7.61. The molecule has 4 aliphatic rings. The lowest BCUT2D eigenvalue weighted by atomic mass is 9.74. The molecule has 9 nitrogen and oxygen atoms in total. The van der Waals surface area contributed by atoms with Gasteiger partial charge in [-0.25, -0.2) is 22.3 Å². The first-order valence-electron chi connectivity index (χ1n) is 11.4. The maximum atomic E-state index is 14.6. The standard InChI is InChI=1S/C22H30FN5O4S/c23-18-12-17-6-7-19(18)26-21-13-20(27-28-21)16-10-15(11-16)14-32-22(29)24-8-4-2-1-3-5-9-25-33(17,30)31/h6-7,12-13,15-16,25H,1-5,8-11,14H2,(H,24,29)(H2,26,27,28)/t15-,16-. The molecule has 0 radical (unpaired) electrons. The Morgan fingerprint density at radius 1 is 1.03 bits per heavy atom. The van der Waals surface area contributed by atoms with E-state index in [-0.39, 0.29) is 29.1 Å². The lowest BCUT2D eigenvalue weighted by molar-refractivity contribution is 0.0938. The van der Waals surface area contributed by atoms with Crippen LogP contribution >= 0.6 is 0 Å². The third-order valence-electron chi connectivity index (χ3n) is 6.15. The van der Waals surface area contributed by atoms with Gasteiger partial charge in [-0.05, 0) is 49.8 Å². The van der Waals surface area contributed by atoms with Crippen LogP contribution in [0.5, 0.6) is 0 Å². The average molecular weight is 480 g/mol. The quantitative estimate of drug-likeness (QED) is 0.456. The highest BCUT2D eigenvalue weighted by Crippen LogP contribution is 2.41. The maximum Gasteiger partial charge on any atom is 0.407 e.